The number of nitriles is 1. The Morgan fingerprint density at radius 2 is 1.69 bits per heavy atom. The molecule has 16 heteroatoms. The lowest BCUT2D eigenvalue weighted by atomic mass is 10.0. The van der Waals surface area contributed by atoms with E-state index in [2.05, 4.69) is 65.8 Å². The molecule has 4 aromatic rings. The minimum Gasteiger partial charge on any atom is -0.367 e. The number of aromatic nitrogens is 3. The highest BCUT2D eigenvalue weighted by atomic mass is 32.1. The van der Waals surface area contributed by atoms with Crippen LogP contribution in [0.3, 0.4) is 0 Å². The number of hydrogen-bond donors (Lipinski definition) is 3. The topological polar surface area (TPSA) is 111 Å². The zero-order valence-corrected chi connectivity index (χ0v) is 28.1. The summed E-state index contributed by atoms with van der Waals surface area (Å²) in [7, 11) is 0. The lowest BCUT2D eigenvalue weighted by Gasteiger charge is -2.33. The van der Waals surface area contributed by atoms with Gasteiger partial charge in [-0.25, -0.2) is 9.97 Å². The van der Waals surface area contributed by atoms with Gasteiger partial charge < -0.3 is 20.9 Å². The molecule has 4 N–H and O–H groups in total. The average molecular weight is 710 g/mol. The molecule has 0 aliphatic carbocycles. The van der Waals surface area contributed by atoms with Gasteiger partial charge in [-0.3, -0.25) is 9.80 Å². The number of thiophene rings is 1. The fourth-order valence-corrected chi connectivity index (χ4v) is 7.28. The van der Waals surface area contributed by atoms with Crippen molar-refractivity contribution >= 4 is 38.3 Å². The van der Waals surface area contributed by atoms with Crippen LogP contribution in [0.15, 0.2) is 30.6 Å². The number of aryl methyl sites for hydroxylation is 2. The lowest BCUT2D eigenvalue weighted by molar-refractivity contribution is -0.133. The van der Waals surface area contributed by atoms with Gasteiger partial charge in [-0.2, -0.15) is 31.6 Å². The van der Waals surface area contributed by atoms with Crippen molar-refractivity contribution < 1.29 is 26.3 Å². The highest BCUT2D eigenvalue weighted by Crippen LogP contribution is 2.33. The van der Waals surface area contributed by atoms with Gasteiger partial charge in [0.15, 0.2) is 0 Å². The minimum absolute atomic E-state index is 0.0351. The lowest BCUT2D eigenvalue weighted by Crippen LogP contribution is -2.44. The molecule has 0 spiro atoms. The largest absolute Gasteiger partial charge is 0.400 e. The molecule has 3 aromatic heterocycles. The van der Waals surface area contributed by atoms with Crippen molar-refractivity contribution in [1.82, 2.24) is 29.7 Å². The molecule has 2 aliphatic heterocycles. The number of alkyl halides is 6. The third-order valence-electron chi connectivity index (χ3n) is 9.02. The second kappa shape index (κ2) is 16.0. The van der Waals surface area contributed by atoms with E-state index >= 15 is 0 Å². The number of rotatable bonds is 9. The highest BCUT2D eigenvalue weighted by molar-refractivity contribution is 7.18. The number of piperidine rings is 1. The Bertz CT molecular complexity index is 1730. The van der Waals surface area contributed by atoms with E-state index in [1.165, 1.54) is 28.8 Å². The van der Waals surface area contributed by atoms with E-state index in [4.69, 9.17) is 0 Å². The molecule has 6 rings (SSSR count). The number of nitrogens with two attached hydrogens (primary N) is 1. The molecule has 0 amide bonds. The molecular weight excluding hydrogens is 668 g/mol. The van der Waals surface area contributed by atoms with E-state index in [0.29, 0.717) is 16.4 Å². The third kappa shape index (κ3) is 10.0. The summed E-state index contributed by atoms with van der Waals surface area (Å²) in [6.45, 7) is 9.51. The first-order chi connectivity index (χ1) is 23.3. The van der Waals surface area contributed by atoms with Gasteiger partial charge in [0.05, 0.1) is 11.9 Å². The van der Waals surface area contributed by atoms with Gasteiger partial charge in [-0.05, 0) is 55.5 Å². The van der Waals surface area contributed by atoms with Crippen LogP contribution in [0, 0.1) is 18.3 Å². The van der Waals surface area contributed by atoms with Gasteiger partial charge in [-0.15, -0.1) is 11.3 Å². The average Bonchev–Trinajstić information content (AvgIpc) is 3.67. The Hall–Kier alpha value is -3.49. The van der Waals surface area contributed by atoms with Crippen LogP contribution < -0.4 is 16.4 Å². The zero-order valence-electron chi connectivity index (χ0n) is 27.3. The van der Waals surface area contributed by atoms with Crippen molar-refractivity contribution in [3.05, 3.63) is 52.3 Å². The van der Waals surface area contributed by atoms with Gasteiger partial charge in [-0.1, -0.05) is 6.07 Å². The van der Waals surface area contributed by atoms with Crippen LogP contribution in [-0.4, -0.2) is 95.1 Å². The molecule has 9 nitrogen and oxygen atoms in total. The molecule has 5 heterocycles. The SMILES string of the molecule is Cc1c(CN2CCC(Nc3ncnc4sc(CCC(F)(F)F)cc34)CC2)ccc2c1cc(C#N)n2CCN1CCNCC1.NCC(F)(F)F. The fraction of sp³-hybridized carbons (Fsp3) is 0.545. The first-order valence-electron chi connectivity index (χ1n) is 16.3. The van der Waals surface area contributed by atoms with Gasteiger partial charge in [0.25, 0.3) is 0 Å². The molecule has 0 unspecified atom stereocenters. The Morgan fingerprint density at radius 3 is 2.35 bits per heavy atom. The number of nitrogens with zero attached hydrogens (tertiary/aromatic N) is 6. The standard InChI is InChI=1S/C31H37F3N8S.C2H4F3N/c1-21-22(2-3-28-26(21)16-24(18-35)42(28)15-14-40-12-8-36-9-13-40)19-41-10-5-23(6-11-41)39-29-27-17-25(4-7-31(32,33)34)43-30(27)38-20-37-29;3-2(4,5)1-6/h2-3,16-17,20,23,36H,4-15,19H2,1H3,(H,37,38,39);1,6H2. The number of fused-ring (bicyclic) bond motifs is 2. The number of benzene rings is 1. The quantitative estimate of drug-likeness (QED) is 0.187. The van der Waals surface area contributed by atoms with Crippen molar-refractivity contribution in [2.45, 2.75) is 64.1 Å². The summed E-state index contributed by atoms with van der Waals surface area (Å²) in [5.74, 6) is 0.703. The summed E-state index contributed by atoms with van der Waals surface area (Å²) in [4.78, 5) is 15.0. The first-order valence-corrected chi connectivity index (χ1v) is 17.2. The van der Waals surface area contributed by atoms with Crippen LogP contribution in [0.2, 0.25) is 0 Å². The molecule has 49 heavy (non-hydrogen) atoms. The van der Waals surface area contributed by atoms with Crippen molar-refractivity contribution in [2.24, 2.45) is 5.73 Å². The second-order valence-electron chi connectivity index (χ2n) is 12.5. The molecule has 1 aromatic carbocycles. The predicted molar refractivity (Wildman–Crippen MR) is 180 cm³/mol. The van der Waals surface area contributed by atoms with Crippen molar-refractivity contribution in [2.75, 3.05) is 57.7 Å². The third-order valence-corrected chi connectivity index (χ3v) is 10.1. The molecule has 2 fully saturated rings. The molecule has 0 radical (unpaired) electrons. The van der Waals surface area contributed by atoms with Gasteiger partial charge in [0.2, 0.25) is 0 Å². The summed E-state index contributed by atoms with van der Waals surface area (Å²) >= 11 is 1.31. The molecule has 0 bridgehead atoms. The van der Waals surface area contributed by atoms with Gasteiger partial charge >= 0.3 is 12.4 Å². The van der Waals surface area contributed by atoms with E-state index in [9.17, 15) is 31.6 Å². The van der Waals surface area contributed by atoms with Crippen LogP contribution in [0.1, 0.15) is 41.0 Å². The maximum Gasteiger partial charge on any atom is 0.400 e. The summed E-state index contributed by atoms with van der Waals surface area (Å²) < 4.78 is 72.3. The van der Waals surface area contributed by atoms with Crippen molar-refractivity contribution in [3.63, 3.8) is 0 Å². The number of likely N-dealkylation sites (tertiary alicyclic amines) is 1. The molecule has 0 saturated carbocycles. The minimum atomic E-state index is -4.18. The number of anilines is 1. The monoisotopic (exact) mass is 709 g/mol. The highest BCUT2D eigenvalue weighted by Gasteiger charge is 2.27. The number of hydrogen-bond acceptors (Lipinski definition) is 9. The van der Waals surface area contributed by atoms with Crippen molar-refractivity contribution in [1.29, 1.82) is 5.26 Å². The zero-order chi connectivity index (χ0) is 35.2. The Kier molecular flexibility index (Phi) is 12.0. The number of piperazine rings is 1. The van der Waals surface area contributed by atoms with Crippen LogP contribution in [0.4, 0.5) is 32.2 Å². The molecule has 2 aliphatic rings. The normalized spacial score (nSPS) is 16.9. The summed E-state index contributed by atoms with van der Waals surface area (Å²) in [6, 6.07) is 10.9. The Balaban J connectivity index is 0.000000717. The Labute approximate surface area is 285 Å². The Morgan fingerprint density at radius 1 is 0.980 bits per heavy atom. The fourth-order valence-electron chi connectivity index (χ4n) is 6.28. The summed E-state index contributed by atoms with van der Waals surface area (Å²) in [5.41, 5.74) is 8.54. The number of halogens is 6. The van der Waals surface area contributed by atoms with Crippen LogP contribution in [0.25, 0.3) is 21.1 Å². The van der Waals surface area contributed by atoms with E-state index in [-0.39, 0.29) is 12.5 Å². The maximum absolute atomic E-state index is 12.7. The molecular formula is C33H41F6N9S. The molecule has 0 atom stereocenters. The predicted octanol–water partition coefficient (Wildman–Crippen LogP) is 5.81. The van der Waals surface area contributed by atoms with E-state index in [1.807, 2.05) is 6.07 Å². The van der Waals surface area contributed by atoms with E-state index in [0.717, 1.165) is 92.9 Å². The summed E-state index contributed by atoms with van der Waals surface area (Å²) in [6.07, 6.45) is -5.84. The van der Waals surface area contributed by atoms with Crippen LogP contribution in [0.5, 0.6) is 0 Å². The first kappa shape index (κ1) is 36.8. The number of nitrogens with one attached hydrogen (secondary N) is 2. The van der Waals surface area contributed by atoms with Crippen LogP contribution >= 0.6 is 11.3 Å². The van der Waals surface area contributed by atoms with Crippen LogP contribution in [-0.2, 0) is 19.5 Å². The second-order valence-corrected chi connectivity index (χ2v) is 13.6. The van der Waals surface area contributed by atoms with Crippen molar-refractivity contribution in [3.8, 4) is 6.07 Å². The van der Waals surface area contributed by atoms with E-state index in [1.54, 1.807) is 6.07 Å². The molecule has 266 valence electrons. The van der Waals surface area contributed by atoms with Gasteiger partial charge in [0, 0.05) is 87.1 Å². The summed E-state index contributed by atoms with van der Waals surface area (Å²) in [5, 5.41) is 18.8. The smallest absolute Gasteiger partial charge is 0.367 e. The van der Waals surface area contributed by atoms with E-state index < -0.39 is 25.3 Å². The maximum atomic E-state index is 12.7. The van der Waals surface area contributed by atoms with Gasteiger partial charge in [0.1, 0.15) is 28.7 Å². The molecule has 2 saturated heterocycles.